The molecule has 2 N–H and O–H groups in total. The van der Waals surface area contributed by atoms with E-state index in [9.17, 15) is 4.79 Å². The number of aromatic nitrogens is 3. The van der Waals surface area contributed by atoms with Gasteiger partial charge in [0.2, 0.25) is 0 Å². The Morgan fingerprint density at radius 2 is 2.00 bits per heavy atom. The monoisotopic (exact) mass is 475 g/mol. The van der Waals surface area contributed by atoms with Crippen molar-refractivity contribution >= 4 is 16.9 Å². The number of hydrogen-bond acceptors (Lipinski definition) is 4. The highest BCUT2D eigenvalue weighted by molar-refractivity contribution is 6.01. The molecule has 1 amide bonds. The van der Waals surface area contributed by atoms with Crippen LogP contribution in [0.25, 0.3) is 27.8 Å². The van der Waals surface area contributed by atoms with Crippen LogP contribution in [0.3, 0.4) is 0 Å². The van der Waals surface area contributed by atoms with E-state index in [0.717, 1.165) is 58.6 Å². The Balaban J connectivity index is 1.55. The lowest BCUT2D eigenvalue weighted by molar-refractivity contribution is 0.0726. The summed E-state index contributed by atoms with van der Waals surface area (Å²) in [6, 6.07) is 15.8. The van der Waals surface area contributed by atoms with Crippen LogP contribution < -0.4 is 5.73 Å². The highest BCUT2D eigenvalue weighted by Crippen LogP contribution is 2.43. The molecule has 0 radical (unpaired) electrons. The fourth-order valence-corrected chi connectivity index (χ4v) is 5.73. The number of terminal acetylenes is 1. The van der Waals surface area contributed by atoms with Crippen LogP contribution in [0.5, 0.6) is 0 Å². The fraction of sp³-hybridized carbons (Fsp3) is 0.300. The van der Waals surface area contributed by atoms with Gasteiger partial charge in [-0.15, -0.1) is 6.42 Å². The molecule has 1 aliphatic heterocycles. The number of para-hydroxylation sites is 1. The minimum atomic E-state index is -0.325. The second-order valence-electron chi connectivity index (χ2n) is 10.1. The topological polar surface area (TPSA) is 77.0 Å². The molecule has 6 heteroatoms. The summed E-state index contributed by atoms with van der Waals surface area (Å²) in [5.74, 6) is 3.99. The number of carbonyl (C=O) groups is 1. The molecule has 2 aliphatic rings. The van der Waals surface area contributed by atoms with E-state index in [1.54, 1.807) is 4.90 Å². The molecule has 6 rings (SSSR count). The van der Waals surface area contributed by atoms with Crippen LogP contribution in [0.15, 0.2) is 54.7 Å². The van der Waals surface area contributed by atoms with E-state index in [-0.39, 0.29) is 17.5 Å². The van der Waals surface area contributed by atoms with Gasteiger partial charge in [0.05, 0.1) is 39.6 Å². The number of rotatable bonds is 3. The van der Waals surface area contributed by atoms with E-state index in [1.165, 1.54) is 0 Å². The maximum absolute atomic E-state index is 13.4. The summed E-state index contributed by atoms with van der Waals surface area (Å²) in [6.07, 6.45) is 10.7. The maximum Gasteiger partial charge on any atom is 0.256 e. The smallest absolute Gasteiger partial charge is 0.256 e. The molecule has 0 saturated heterocycles. The zero-order valence-corrected chi connectivity index (χ0v) is 20.8. The van der Waals surface area contributed by atoms with Gasteiger partial charge in [0.15, 0.2) is 0 Å². The lowest BCUT2D eigenvalue weighted by atomic mass is 9.66. The van der Waals surface area contributed by atoms with Gasteiger partial charge in [0, 0.05) is 24.4 Å². The van der Waals surface area contributed by atoms with Crippen molar-refractivity contribution in [3.8, 4) is 29.2 Å². The summed E-state index contributed by atoms with van der Waals surface area (Å²) < 4.78 is 2.09. The van der Waals surface area contributed by atoms with Crippen LogP contribution in [-0.4, -0.2) is 32.4 Å². The van der Waals surface area contributed by atoms with Gasteiger partial charge in [0.1, 0.15) is 5.82 Å². The third-order valence-electron chi connectivity index (χ3n) is 8.24. The van der Waals surface area contributed by atoms with Gasteiger partial charge >= 0.3 is 0 Å². The molecule has 2 unspecified atom stereocenters. The van der Waals surface area contributed by atoms with Crippen LogP contribution >= 0.6 is 0 Å². The van der Waals surface area contributed by atoms with E-state index >= 15 is 0 Å². The second-order valence-corrected chi connectivity index (χ2v) is 10.1. The molecule has 1 saturated carbocycles. The average molecular weight is 476 g/mol. The van der Waals surface area contributed by atoms with E-state index in [1.807, 2.05) is 37.5 Å². The third-order valence-corrected chi connectivity index (χ3v) is 8.24. The Labute approximate surface area is 211 Å². The zero-order chi connectivity index (χ0) is 25.2. The number of pyridine rings is 1. The average Bonchev–Trinajstić information content (AvgIpc) is 3.25. The summed E-state index contributed by atoms with van der Waals surface area (Å²) in [7, 11) is 1.84. The van der Waals surface area contributed by atoms with Gasteiger partial charge in [-0.3, -0.25) is 14.3 Å². The van der Waals surface area contributed by atoms with Crippen LogP contribution in [0.1, 0.15) is 66.6 Å². The SMILES string of the molecule is C#Cc1cccc2c1-n1c(nc3ccc(-c4ccc(C5(N)CCC5C)nc4)cc31)[C@@H](CC)N(C)C2=O. The minimum absolute atomic E-state index is 0.0514. The third kappa shape index (κ3) is 3.06. The molecule has 1 fully saturated rings. The largest absolute Gasteiger partial charge is 0.331 e. The quantitative estimate of drug-likeness (QED) is 0.414. The Morgan fingerprint density at radius 3 is 2.64 bits per heavy atom. The molecule has 2 aromatic heterocycles. The number of hydrogen-bond donors (Lipinski definition) is 1. The Kier molecular flexibility index (Phi) is 5.03. The van der Waals surface area contributed by atoms with E-state index in [0.29, 0.717) is 17.0 Å². The number of imidazole rings is 1. The van der Waals surface area contributed by atoms with Crippen LogP contribution in [-0.2, 0) is 5.54 Å². The van der Waals surface area contributed by atoms with Gasteiger partial charge in [-0.25, -0.2) is 4.98 Å². The molecule has 36 heavy (non-hydrogen) atoms. The van der Waals surface area contributed by atoms with E-state index in [2.05, 4.69) is 48.6 Å². The molecule has 0 spiro atoms. The first kappa shape index (κ1) is 22.5. The van der Waals surface area contributed by atoms with Gasteiger partial charge in [-0.1, -0.05) is 38.0 Å². The van der Waals surface area contributed by atoms with E-state index < -0.39 is 0 Å². The predicted molar refractivity (Wildman–Crippen MR) is 142 cm³/mol. The first-order chi connectivity index (χ1) is 17.4. The Morgan fingerprint density at radius 1 is 1.19 bits per heavy atom. The van der Waals surface area contributed by atoms with Gasteiger partial charge in [-0.2, -0.15) is 0 Å². The van der Waals surface area contributed by atoms with Gasteiger partial charge in [0.25, 0.3) is 5.91 Å². The lowest BCUT2D eigenvalue weighted by Crippen LogP contribution is -2.51. The first-order valence-electron chi connectivity index (χ1n) is 12.5. The van der Waals surface area contributed by atoms with Crippen molar-refractivity contribution in [2.45, 2.75) is 44.7 Å². The summed E-state index contributed by atoms with van der Waals surface area (Å²) in [6.45, 7) is 4.26. The normalized spacial score (nSPS) is 23.0. The Bertz CT molecular complexity index is 1560. The summed E-state index contributed by atoms with van der Waals surface area (Å²) in [4.78, 5) is 25.0. The molecule has 0 bridgehead atoms. The van der Waals surface area contributed by atoms with Crippen LogP contribution in [0.2, 0.25) is 0 Å². The molecule has 180 valence electrons. The number of amides is 1. The summed E-state index contributed by atoms with van der Waals surface area (Å²) in [5, 5.41) is 0. The molecule has 2 aromatic carbocycles. The molecule has 1 aliphatic carbocycles. The van der Waals surface area contributed by atoms with E-state index in [4.69, 9.17) is 22.1 Å². The molecule has 4 aromatic rings. The first-order valence-corrected chi connectivity index (χ1v) is 12.5. The highest BCUT2D eigenvalue weighted by Gasteiger charge is 2.43. The molecule has 6 nitrogen and oxygen atoms in total. The van der Waals surface area contributed by atoms with Gasteiger partial charge < -0.3 is 10.6 Å². The summed E-state index contributed by atoms with van der Waals surface area (Å²) in [5.41, 5.74) is 13.0. The lowest BCUT2D eigenvalue weighted by Gasteiger charge is -2.44. The van der Waals surface area contributed by atoms with Crippen molar-refractivity contribution in [1.29, 1.82) is 0 Å². The van der Waals surface area contributed by atoms with Crippen molar-refractivity contribution < 1.29 is 4.79 Å². The molecule has 3 heterocycles. The van der Waals surface area contributed by atoms with Crippen molar-refractivity contribution in [3.05, 3.63) is 77.4 Å². The van der Waals surface area contributed by atoms with Crippen molar-refractivity contribution in [2.24, 2.45) is 11.7 Å². The number of benzene rings is 2. The number of nitrogens with two attached hydrogens (primary N) is 1. The minimum Gasteiger partial charge on any atom is -0.331 e. The molecule has 3 atom stereocenters. The van der Waals surface area contributed by atoms with Crippen molar-refractivity contribution in [1.82, 2.24) is 19.4 Å². The molecular weight excluding hydrogens is 446 g/mol. The summed E-state index contributed by atoms with van der Waals surface area (Å²) >= 11 is 0. The number of fused-ring (bicyclic) bond motifs is 5. The van der Waals surface area contributed by atoms with Crippen molar-refractivity contribution in [3.63, 3.8) is 0 Å². The number of nitrogens with zero attached hydrogens (tertiary/aromatic N) is 4. The van der Waals surface area contributed by atoms with Gasteiger partial charge in [-0.05, 0) is 61.1 Å². The zero-order valence-electron chi connectivity index (χ0n) is 20.8. The maximum atomic E-state index is 13.4. The number of carbonyl (C=O) groups excluding carboxylic acids is 1. The Hall–Kier alpha value is -3.95. The standard InChI is InChI=1S/C30H29N5O/c1-5-19-8-7-9-22-27(19)35-25-16-20(21-11-13-26(32-17-21)30(31)15-14-18(30)3)10-12-23(25)33-28(35)24(6-2)34(4)29(22)36/h1,7-13,16-18,24H,6,14-15,31H2,2-4H3/t18?,24-,30?/m1/s1. The predicted octanol–water partition coefficient (Wildman–Crippen LogP) is 5.19. The second kappa shape index (κ2) is 8.04. The van der Waals surface area contributed by atoms with Crippen molar-refractivity contribution in [2.75, 3.05) is 7.05 Å². The van der Waals surface area contributed by atoms with Crippen LogP contribution in [0.4, 0.5) is 0 Å². The highest BCUT2D eigenvalue weighted by atomic mass is 16.2. The molecular formula is C30H29N5O. The fourth-order valence-electron chi connectivity index (χ4n) is 5.73. The van der Waals surface area contributed by atoms with Crippen LogP contribution in [0, 0.1) is 18.3 Å².